The van der Waals surface area contributed by atoms with Gasteiger partial charge in [-0.05, 0) is 24.7 Å². The Kier molecular flexibility index (Phi) is 3.66. The maximum atomic E-state index is 5.62. The van der Waals surface area contributed by atoms with Crippen molar-refractivity contribution < 1.29 is 4.74 Å². The SMILES string of the molecule is c1cn(-c2cnn(-c3cc(N4CCC5(CCOC5)CC4)ncn3)c2)nn1. The molecule has 0 radical (unpaired) electrons. The molecule has 2 saturated heterocycles. The number of aromatic nitrogens is 7. The molecule has 2 aliphatic heterocycles. The van der Waals surface area contributed by atoms with E-state index in [-0.39, 0.29) is 0 Å². The van der Waals surface area contributed by atoms with Gasteiger partial charge >= 0.3 is 0 Å². The summed E-state index contributed by atoms with van der Waals surface area (Å²) in [6.45, 7) is 3.82. The first kappa shape index (κ1) is 15.4. The van der Waals surface area contributed by atoms with Crippen LogP contribution in [0.3, 0.4) is 0 Å². The van der Waals surface area contributed by atoms with Crippen molar-refractivity contribution in [2.24, 2.45) is 5.41 Å². The Bertz CT molecular complexity index is 874. The predicted molar refractivity (Wildman–Crippen MR) is 93.4 cm³/mol. The van der Waals surface area contributed by atoms with E-state index < -0.39 is 0 Å². The molecule has 0 N–H and O–H groups in total. The van der Waals surface area contributed by atoms with Crippen molar-refractivity contribution in [3.05, 3.63) is 37.2 Å². The highest BCUT2D eigenvalue weighted by Gasteiger charge is 2.38. The first-order valence-corrected chi connectivity index (χ1v) is 8.88. The molecule has 9 heteroatoms. The van der Waals surface area contributed by atoms with Crippen LogP contribution in [0.5, 0.6) is 0 Å². The number of piperidine rings is 1. The van der Waals surface area contributed by atoms with Gasteiger partial charge in [0.1, 0.15) is 17.8 Å². The van der Waals surface area contributed by atoms with Crippen molar-refractivity contribution in [1.29, 1.82) is 0 Å². The number of hydrogen-bond acceptors (Lipinski definition) is 7. The molecule has 0 saturated carbocycles. The Morgan fingerprint density at radius 1 is 1.04 bits per heavy atom. The molecule has 0 aliphatic carbocycles. The third kappa shape index (κ3) is 2.74. The summed E-state index contributed by atoms with van der Waals surface area (Å²) in [5, 5.41) is 12.2. The second-order valence-corrected chi connectivity index (χ2v) is 7.01. The fraction of sp³-hybridized carbons (Fsp3) is 0.471. The monoisotopic (exact) mass is 352 g/mol. The van der Waals surface area contributed by atoms with E-state index in [2.05, 4.69) is 30.3 Å². The van der Waals surface area contributed by atoms with Crippen LogP contribution in [0.2, 0.25) is 0 Å². The van der Waals surface area contributed by atoms with Gasteiger partial charge in [0.2, 0.25) is 0 Å². The van der Waals surface area contributed by atoms with Crippen molar-refractivity contribution in [1.82, 2.24) is 34.7 Å². The van der Waals surface area contributed by atoms with Crippen molar-refractivity contribution in [3.63, 3.8) is 0 Å². The Labute approximate surface area is 150 Å². The highest BCUT2D eigenvalue weighted by molar-refractivity contribution is 5.44. The quantitative estimate of drug-likeness (QED) is 0.701. The highest BCUT2D eigenvalue weighted by atomic mass is 16.5. The minimum Gasteiger partial charge on any atom is -0.381 e. The first-order valence-electron chi connectivity index (χ1n) is 8.88. The van der Waals surface area contributed by atoms with Crippen molar-refractivity contribution >= 4 is 5.82 Å². The van der Waals surface area contributed by atoms with Crippen LogP contribution in [0.25, 0.3) is 11.5 Å². The van der Waals surface area contributed by atoms with Gasteiger partial charge in [0.05, 0.1) is 31.4 Å². The van der Waals surface area contributed by atoms with Gasteiger partial charge in [0.25, 0.3) is 0 Å². The summed E-state index contributed by atoms with van der Waals surface area (Å²) in [4.78, 5) is 11.2. The van der Waals surface area contributed by atoms with Gasteiger partial charge in [-0.2, -0.15) is 5.10 Å². The second-order valence-electron chi connectivity index (χ2n) is 7.01. The van der Waals surface area contributed by atoms with E-state index in [4.69, 9.17) is 4.74 Å². The van der Waals surface area contributed by atoms with E-state index in [0.29, 0.717) is 5.41 Å². The van der Waals surface area contributed by atoms with Crippen LogP contribution in [0.15, 0.2) is 37.2 Å². The van der Waals surface area contributed by atoms with Crippen LogP contribution in [0.4, 0.5) is 5.82 Å². The lowest BCUT2D eigenvalue weighted by Gasteiger charge is -2.38. The molecule has 0 amide bonds. The second kappa shape index (κ2) is 6.17. The summed E-state index contributed by atoms with van der Waals surface area (Å²) in [7, 11) is 0. The van der Waals surface area contributed by atoms with Crippen LogP contribution >= 0.6 is 0 Å². The molecular weight excluding hydrogens is 332 g/mol. The van der Waals surface area contributed by atoms with Gasteiger partial charge in [0, 0.05) is 25.8 Å². The Balaban J connectivity index is 1.35. The molecule has 0 aromatic carbocycles. The third-order valence-corrected chi connectivity index (χ3v) is 5.46. The zero-order chi connectivity index (χ0) is 17.4. The lowest BCUT2D eigenvalue weighted by Crippen LogP contribution is -2.40. The Morgan fingerprint density at radius 2 is 1.92 bits per heavy atom. The van der Waals surface area contributed by atoms with Gasteiger partial charge in [-0.25, -0.2) is 19.3 Å². The number of rotatable bonds is 3. The minimum absolute atomic E-state index is 0.390. The molecule has 134 valence electrons. The molecule has 0 bridgehead atoms. The lowest BCUT2D eigenvalue weighted by atomic mass is 9.78. The molecule has 3 aromatic heterocycles. The standard InChI is InChI=1S/C17H20N8O/c1-5-23(6-2-17(1)3-8-26-12-17)15-9-16(19-13-18-15)25-11-14(10-21-25)24-7-4-20-22-24/h4,7,9-11,13H,1-3,5-6,8,12H2. The lowest BCUT2D eigenvalue weighted by molar-refractivity contribution is 0.133. The summed E-state index contributed by atoms with van der Waals surface area (Å²) in [5.74, 6) is 1.69. The molecule has 5 rings (SSSR count). The Morgan fingerprint density at radius 3 is 2.69 bits per heavy atom. The predicted octanol–water partition coefficient (Wildman–Crippen LogP) is 1.25. The largest absolute Gasteiger partial charge is 0.381 e. The van der Waals surface area contributed by atoms with Crippen LogP contribution in [-0.4, -0.2) is 61.0 Å². The van der Waals surface area contributed by atoms with E-state index in [9.17, 15) is 0 Å². The molecule has 0 atom stereocenters. The zero-order valence-corrected chi connectivity index (χ0v) is 14.4. The number of ether oxygens (including phenoxy) is 1. The fourth-order valence-corrected chi connectivity index (χ4v) is 3.79. The van der Waals surface area contributed by atoms with Crippen molar-refractivity contribution in [3.8, 4) is 11.5 Å². The molecule has 3 aromatic rings. The molecule has 9 nitrogen and oxygen atoms in total. The molecule has 26 heavy (non-hydrogen) atoms. The van der Waals surface area contributed by atoms with E-state index >= 15 is 0 Å². The van der Waals surface area contributed by atoms with Crippen molar-refractivity contribution in [2.45, 2.75) is 19.3 Å². The summed E-state index contributed by atoms with van der Waals surface area (Å²) in [6.07, 6.45) is 12.1. The average molecular weight is 352 g/mol. The summed E-state index contributed by atoms with van der Waals surface area (Å²) < 4.78 is 9.02. The van der Waals surface area contributed by atoms with E-state index in [1.54, 1.807) is 34.3 Å². The third-order valence-electron chi connectivity index (χ3n) is 5.46. The molecule has 5 heterocycles. The smallest absolute Gasteiger partial charge is 0.158 e. The molecule has 2 fully saturated rings. The summed E-state index contributed by atoms with van der Waals surface area (Å²) >= 11 is 0. The molecule has 0 unspecified atom stereocenters. The minimum atomic E-state index is 0.390. The molecule has 1 spiro atoms. The summed E-state index contributed by atoms with van der Waals surface area (Å²) in [6, 6.07) is 1.99. The van der Waals surface area contributed by atoms with Gasteiger partial charge < -0.3 is 9.64 Å². The van der Waals surface area contributed by atoms with Crippen molar-refractivity contribution in [2.75, 3.05) is 31.2 Å². The fourth-order valence-electron chi connectivity index (χ4n) is 3.79. The maximum absolute atomic E-state index is 5.62. The molecular formula is C17H20N8O. The van der Waals surface area contributed by atoms with Crippen LogP contribution < -0.4 is 4.90 Å². The average Bonchev–Trinajstić information content (AvgIpc) is 3.44. The van der Waals surface area contributed by atoms with Gasteiger partial charge in [-0.3, -0.25) is 0 Å². The van der Waals surface area contributed by atoms with Crippen LogP contribution in [0, 0.1) is 5.41 Å². The number of nitrogens with zero attached hydrogens (tertiary/aromatic N) is 8. The first-order chi connectivity index (χ1) is 12.8. The number of anilines is 1. The van der Waals surface area contributed by atoms with Gasteiger partial charge in [0.15, 0.2) is 5.82 Å². The van der Waals surface area contributed by atoms with Crippen LogP contribution in [-0.2, 0) is 4.74 Å². The molecule has 2 aliphatic rings. The van der Waals surface area contributed by atoms with Gasteiger partial charge in [-0.15, -0.1) is 5.10 Å². The zero-order valence-electron chi connectivity index (χ0n) is 14.4. The van der Waals surface area contributed by atoms with Crippen LogP contribution in [0.1, 0.15) is 19.3 Å². The topological polar surface area (TPSA) is 86.8 Å². The highest BCUT2D eigenvalue weighted by Crippen LogP contribution is 2.39. The van der Waals surface area contributed by atoms with Gasteiger partial charge in [-0.1, -0.05) is 5.21 Å². The van der Waals surface area contributed by atoms with E-state index in [1.807, 2.05) is 12.3 Å². The number of hydrogen-bond donors (Lipinski definition) is 0. The van der Waals surface area contributed by atoms with E-state index in [0.717, 1.165) is 56.5 Å². The summed E-state index contributed by atoms with van der Waals surface area (Å²) in [5.41, 5.74) is 1.23. The normalized spacial score (nSPS) is 19.3. The maximum Gasteiger partial charge on any atom is 0.158 e. The van der Waals surface area contributed by atoms with E-state index in [1.165, 1.54) is 6.42 Å². The Hall–Kier alpha value is -2.81.